The lowest BCUT2D eigenvalue weighted by Gasteiger charge is -2.27. The Hall–Kier alpha value is -0.890. The zero-order valence-electron chi connectivity index (χ0n) is 9.58. The van der Waals surface area contributed by atoms with Crippen LogP contribution >= 0.6 is 0 Å². The molecule has 2 heteroatoms. The number of hydrogen-bond donors (Lipinski definition) is 0. The van der Waals surface area contributed by atoms with Gasteiger partial charge < -0.3 is 0 Å². The number of aromatic nitrogens is 1. The Balaban J connectivity index is 1.88. The van der Waals surface area contributed by atoms with Crippen molar-refractivity contribution in [3.05, 3.63) is 29.6 Å². The molecule has 2 nitrogen and oxygen atoms in total. The maximum absolute atomic E-state index is 4.42. The van der Waals surface area contributed by atoms with Gasteiger partial charge in [-0.15, -0.1) is 0 Å². The van der Waals surface area contributed by atoms with E-state index < -0.39 is 0 Å². The van der Waals surface area contributed by atoms with Gasteiger partial charge in [0.2, 0.25) is 0 Å². The van der Waals surface area contributed by atoms with E-state index in [0.29, 0.717) is 0 Å². The van der Waals surface area contributed by atoms with Crippen LogP contribution in [-0.4, -0.2) is 23.0 Å². The summed E-state index contributed by atoms with van der Waals surface area (Å²) in [7, 11) is 0. The molecule has 0 fully saturated rings. The van der Waals surface area contributed by atoms with E-state index in [2.05, 4.69) is 22.9 Å². The molecule has 0 N–H and O–H groups in total. The van der Waals surface area contributed by atoms with Crippen LogP contribution in [0.5, 0.6) is 0 Å². The summed E-state index contributed by atoms with van der Waals surface area (Å²) >= 11 is 0. The first-order valence-corrected chi connectivity index (χ1v) is 6.05. The molecule has 0 aromatic carbocycles. The first kappa shape index (κ1) is 10.6. The van der Waals surface area contributed by atoms with Gasteiger partial charge in [-0.1, -0.05) is 25.8 Å². The van der Waals surface area contributed by atoms with E-state index in [4.69, 9.17) is 0 Å². The van der Waals surface area contributed by atoms with Gasteiger partial charge in [-0.3, -0.25) is 9.88 Å². The zero-order chi connectivity index (χ0) is 10.5. The Bertz CT molecular complexity index is 309. The summed E-state index contributed by atoms with van der Waals surface area (Å²) in [6.07, 6.45) is 7.04. The minimum absolute atomic E-state index is 1.10. The van der Waals surface area contributed by atoms with Crippen molar-refractivity contribution in [2.75, 3.05) is 13.1 Å². The smallest absolute Gasteiger partial charge is 0.0461 e. The summed E-state index contributed by atoms with van der Waals surface area (Å²) in [5.74, 6) is 0. The number of pyridine rings is 1. The van der Waals surface area contributed by atoms with Crippen LogP contribution < -0.4 is 0 Å². The van der Waals surface area contributed by atoms with Crippen LogP contribution in [0.4, 0.5) is 0 Å². The largest absolute Gasteiger partial charge is 0.299 e. The molecule has 0 amide bonds. The predicted molar refractivity (Wildman–Crippen MR) is 62.7 cm³/mol. The Morgan fingerprint density at radius 1 is 1.40 bits per heavy atom. The topological polar surface area (TPSA) is 16.1 Å². The summed E-state index contributed by atoms with van der Waals surface area (Å²) in [5, 5.41) is 0. The highest BCUT2D eigenvalue weighted by atomic mass is 15.1. The quantitative estimate of drug-likeness (QED) is 0.701. The predicted octanol–water partition coefficient (Wildman–Crippen LogP) is 2.63. The number of unbranched alkanes of at least 4 members (excludes halogenated alkanes) is 2. The molecular formula is C13H20N2. The molecule has 1 aromatic heterocycles. The number of rotatable bonds is 4. The third kappa shape index (κ3) is 2.78. The number of nitrogens with zero attached hydrogens (tertiary/aromatic N) is 2. The molecule has 15 heavy (non-hydrogen) atoms. The monoisotopic (exact) mass is 204 g/mol. The van der Waals surface area contributed by atoms with Crippen LogP contribution in [0.25, 0.3) is 0 Å². The molecule has 82 valence electrons. The fourth-order valence-corrected chi connectivity index (χ4v) is 2.20. The van der Waals surface area contributed by atoms with Crippen molar-refractivity contribution in [1.82, 2.24) is 9.88 Å². The van der Waals surface area contributed by atoms with Gasteiger partial charge in [-0.2, -0.15) is 0 Å². The fourth-order valence-electron chi connectivity index (χ4n) is 2.20. The molecular weight excluding hydrogens is 184 g/mol. The Morgan fingerprint density at radius 3 is 3.20 bits per heavy atom. The highest BCUT2D eigenvalue weighted by Crippen LogP contribution is 2.16. The standard InChI is InChI=1S/C13H20N2/c1-2-3-4-9-15-10-7-13-12(11-15)6-5-8-14-13/h5-6,8H,2-4,7,9-11H2,1H3. The molecule has 2 rings (SSSR count). The van der Waals surface area contributed by atoms with Crippen molar-refractivity contribution >= 4 is 0 Å². The van der Waals surface area contributed by atoms with Crippen LogP contribution in [0.1, 0.15) is 37.4 Å². The average molecular weight is 204 g/mol. The lowest BCUT2D eigenvalue weighted by Crippen LogP contribution is -2.31. The maximum Gasteiger partial charge on any atom is 0.0461 e. The van der Waals surface area contributed by atoms with Crippen molar-refractivity contribution in [1.29, 1.82) is 0 Å². The number of hydrogen-bond acceptors (Lipinski definition) is 2. The van der Waals surface area contributed by atoms with E-state index >= 15 is 0 Å². The molecule has 0 unspecified atom stereocenters. The molecule has 2 heterocycles. The molecule has 1 aliphatic heterocycles. The van der Waals surface area contributed by atoms with Crippen molar-refractivity contribution in [3.63, 3.8) is 0 Å². The van der Waals surface area contributed by atoms with Crippen molar-refractivity contribution in [2.24, 2.45) is 0 Å². The molecule has 0 atom stereocenters. The van der Waals surface area contributed by atoms with Gasteiger partial charge in [-0.05, 0) is 24.6 Å². The van der Waals surface area contributed by atoms with E-state index in [-0.39, 0.29) is 0 Å². The molecule has 0 bridgehead atoms. The van der Waals surface area contributed by atoms with Crippen LogP contribution in [0.2, 0.25) is 0 Å². The zero-order valence-corrected chi connectivity index (χ0v) is 9.58. The van der Waals surface area contributed by atoms with Gasteiger partial charge in [0.1, 0.15) is 0 Å². The Labute approximate surface area is 92.3 Å². The van der Waals surface area contributed by atoms with Gasteiger partial charge in [0.15, 0.2) is 0 Å². The van der Waals surface area contributed by atoms with Gasteiger partial charge in [0.05, 0.1) is 0 Å². The second kappa shape index (κ2) is 5.26. The van der Waals surface area contributed by atoms with Crippen molar-refractivity contribution in [2.45, 2.75) is 39.2 Å². The summed E-state index contributed by atoms with van der Waals surface area (Å²) in [6, 6.07) is 4.27. The van der Waals surface area contributed by atoms with Gasteiger partial charge in [0, 0.05) is 31.4 Å². The van der Waals surface area contributed by atoms with Crippen LogP contribution in [0.3, 0.4) is 0 Å². The summed E-state index contributed by atoms with van der Waals surface area (Å²) < 4.78 is 0. The Morgan fingerprint density at radius 2 is 2.33 bits per heavy atom. The molecule has 0 saturated heterocycles. The normalized spacial score (nSPS) is 16.3. The third-order valence-electron chi connectivity index (χ3n) is 3.12. The van der Waals surface area contributed by atoms with E-state index in [1.807, 2.05) is 12.3 Å². The Kier molecular flexibility index (Phi) is 3.73. The van der Waals surface area contributed by atoms with E-state index in [0.717, 1.165) is 13.0 Å². The fraction of sp³-hybridized carbons (Fsp3) is 0.615. The molecule has 0 spiro atoms. The SMILES string of the molecule is CCCCCN1CCc2ncccc2C1. The van der Waals surface area contributed by atoms with Crippen molar-refractivity contribution in [3.8, 4) is 0 Å². The van der Waals surface area contributed by atoms with Gasteiger partial charge >= 0.3 is 0 Å². The second-order valence-corrected chi connectivity index (χ2v) is 4.34. The second-order valence-electron chi connectivity index (χ2n) is 4.34. The molecule has 0 saturated carbocycles. The lowest BCUT2D eigenvalue weighted by atomic mass is 10.1. The van der Waals surface area contributed by atoms with Gasteiger partial charge in [-0.25, -0.2) is 0 Å². The van der Waals surface area contributed by atoms with Crippen molar-refractivity contribution < 1.29 is 0 Å². The van der Waals surface area contributed by atoms with E-state index in [9.17, 15) is 0 Å². The average Bonchev–Trinajstić information content (AvgIpc) is 2.29. The summed E-state index contributed by atoms with van der Waals surface area (Å²) in [5.41, 5.74) is 2.74. The van der Waals surface area contributed by atoms with Crippen LogP contribution in [0.15, 0.2) is 18.3 Å². The summed E-state index contributed by atoms with van der Waals surface area (Å²) in [6.45, 7) is 5.80. The van der Waals surface area contributed by atoms with Crippen LogP contribution in [0, 0.1) is 0 Å². The molecule has 1 aliphatic rings. The van der Waals surface area contributed by atoms with E-state index in [1.165, 1.54) is 43.6 Å². The number of fused-ring (bicyclic) bond motifs is 1. The third-order valence-corrected chi connectivity index (χ3v) is 3.12. The molecule has 0 aliphatic carbocycles. The summed E-state index contributed by atoms with van der Waals surface area (Å²) in [4.78, 5) is 6.98. The minimum Gasteiger partial charge on any atom is -0.299 e. The lowest BCUT2D eigenvalue weighted by molar-refractivity contribution is 0.246. The molecule has 0 radical (unpaired) electrons. The first-order chi connectivity index (χ1) is 7.40. The van der Waals surface area contributed by atoms with E-state index in [1.54, 1.807) is 0 Å². The van der Waals surface area contributed by atoms with Gasteiger partial charge in [0.25, 0.3) is 0 Å². The minimum atomic E-state index is 1.10. The molecule has 1 aromatic rings. The van der Waals surface area contributed by atoms with Crippen LogP contribution in [-0.2, 0) is 13.0 Å². The highest BCUT2D eigenvalue weighted by molar-refractivity contribution is 5.21. The highest BCUT2D eigenvalue weighted by Gasteiger charge is 2.15. The maximum atomic E-state index is 4.42. The first-order valence-electron chi connectivity index (χ1n) is 6.05.